The van der Waals surface area contributed by atoms with Crippen LogP contribution < -0.4 is 19.8 Å². The van der Waals surface area contributed by atoms with Crippen LogP contribution in [0.5, 0.6) is 5.75 Å². The minimum atomic E-state index is -0.901. The van der Waals surface area contributed by atoms with Gasteiger partial charge in [-0.15, -0.1) is 0 Å². The summed E-state index contributed by atoms with van der Waals surface area (Å²) in [5.74, 6) is -2.36. The van der Waals surface area contributed by atoms with Crippen LogP contribution in [0.25, 0.3) is 0 Å². The van der Waals surface area contributed by atoms with Crippen LogP contribution in [0.3, 0.4) is 0 Å². The predicted molar refractivity (Wildman–Crippen MR) is 162 cm³/mol. The van der Waals surface area contributed by atoms with E-state index in [-0.39, 0.29) is 17.9 Å². The lowest BCUT2D eigenvalue weighted by atomic mass is 9.83. The highest BCUT2D eigenvalue weighted by molar-refractivity contribution is 8.00. The van der Waals surface area contributed by atoms with Gasteiger partial charge >= 0.3 is 4.87 Å². The van der Waals surface area contributed by atoms with Gasteiger partial charge in [0.1, 0.15) is 17.5 Å². The quantitative estimate of drug-likeness (QED) is 0.171. The number of nitro groups is 1. The molecule has 11 nitrogen and oxygen atoms in total. The van der Waals surface area contributed by atoms with Crippen LogP contribution in [-0.4, -0.2) is 39.6 Å². The second-order valence-corrected chi connectivity index (χ2v) is 12.3. The summed E-state index contributed by atoms with van der Waals surface area (Å²) < 4.78 is 6.62. The number of halogens is 1. The van der Waals surface area contributed by atoms with Gasteiger partial charge in [0, 0.05) is 33.6 Å². The molecule has 3 aromatic carbocycles. The number of rotatable bonds is 7. The van der Waals surface area contributed by atoms with Crippen molar-refractivity contribution in [3.05, 3.63) is 108 Å². The molecule has 0 radical (unpaired) electrons. The van der Waals surface area contributed by atoms with Crippen molar-refractivity contribution >= 4 is 69.5 Å². The number of benzene rings is 3. The van der Waals surface area contributed by atoms with Gasteiger partial charge in [-0.1, -0.05) is 46.8 Å². The molecule has 1 fully saturated rings. The van der Waals surface area contributed by atoms with Crippen molar-refractivity contribution in [1.82, 2.24) is 4.57 Å². The number of thioether (sulfide) groups is 1. The maximum absolute atomic E-state index is 14.0. The zero-order chi connectivity index (χ0) is 30.4. The van der Waals surface area contributed by atoms with Crippen LogP contribution in [0.4, 0.5) is 17.1 Å². The van der Waals surface area contributed by atoms with Crippen LogP contribution in [0.2, 0.25) is 5.02 Å². The highest BCUT2D eigenvalue weighted by Crippen LogP contribution is 2.54. The molecule has 3 atom stereocenters. The van der Waals surface area contributed by atoms with E-state index in [0.29, 0.717) is 31.9 Å². The first kappa shape index (κ1) is 28.6. The number of non-ortho nitro benzene ring substituents is 1. The number of hydrogen-bond donors (Lipinski definition) is 1. The third kappa shape index (κ3) is 5.19. The molecule has 1 aromatic heterocycles. The summed E-state index contributed by atoms with van der Waals surface area (Å²) in [4.78, 5) is 65.9. The van der Waals surface area contributed by atoms with Gasteiger partial charge in [-0.05, 0) is 54.1 Å². The van der Waals surface area contributed by atoms with Gasteiger partial charge in [-0.3, -0.25) is 33.9 Å². The SMILES string of the molecule is COc1ccc([C@H]2c3sc(=O)n(CC(=O)Nc4ccc(Cl)cc4)c3SC3C(=O)N(c4ccc([N+](=O)[O-])cc4)C(=O)C32)cc1. The number of fused-ring (bicyclic) bond motifs is 2. The lowest BCUT2D eigenvalue weighted by Crippen LogP contribution is -2.33. The topological polar surface area (TPSA) is 141 Å². The fourth-order valence-corrected chi connectivity index (χ4v) is 8.18. The third-order valence-electron chi connectivity index (χ3n) is 7.27. The molecule has 218 valence electrons. The van der Waals surface area contributed by atoms with Gasteiger partial charge in [0.25, 0.3) is 5.69 Å². The number of thiazole rings is 1. The highest BCUT2D eigenvalue weighted by atomic mass is 35.5. The van der Waals surface area contributed by atoms with Gasteiger partial charge in [0.2, 0.25) is 17.7 Å². The van der Waals surface area contributed by atoms with E-state index in [4.69, 9.17) is 16.3 Å². The van der Waals surface area contributed by atoms with Crippen molar-refractivity contribution in [1.29, 1.82) is 0 Å². The molecule has 43 heavy (non-hydrogen) atoms. The van der Waals surface area contributed by atoms with Crippen LogP contribution in [0, 0.1) is 16.0 Å². The maximum Gasteiger partial charge on any atom is 0.308 e. The average Bonchev–Trinajstić information content (AvgIpc) is 3.44. The number of aromatic nitrogens is 1. The van der Waals surface area contributed by atoms with E-state index in [1.165, 1.54) is 35.9 Å². The summed E-state index contributed by atoms with van der Waals surface area (Å²) in [5.41, 5.74) is 1.25. The number of ether oxygens (including phenoxy) is 1. The van der Waals surface area contributed by atoms with E-state index in [2.05, 4.69) is 5.32 Å². The van der Waals surface area contributed by atoms with E-state index >= 15 is 0 Å². The van der Waals surface area contributed by atoms with Gasteiger partial charge in [-0.2, -0.15) is 0 Å². The number of nitrogens with one attached hydrogen (secondary N) is 1. The molecule has 2 aliphatic rings. The summed E-state index contributed by atoms with van der Waals surface area (Å²) in [7, 11) is 1.53. The van der Waals surface area contributed by atoms with Crippen LogP contribution >= 0.6 is 34.7 Å². The first-order valence-electron chi connectivity index (χ1n) is 12.9. The minimum Gasteiger partial charge on any atom is -0.497 e. The van der Waals surface area contributed by atoms with Crippen molar-refractivity contribution in [3.63, 3.8) is 0 Å². The molecule has 6 rings (SSSR count). The summed E-state index contributed by atoms with van der Waals surface area (Å²) in [6.45, 7) is -0.304. The van der Waals surface area contributed by atoms with Crippen molar-refractivity contribution in [2.75, 3.05) is 17.3 Å². The molecule has 3 heterocycles. The zero-order valence-corrected chi connectivity index (χ0v) is 24.7. The normalized spacial score (nSPS) is 19.1. The third-order valence-corrected chi connectivity index (χ3v) is 10.1. The van der Waals surface area contributed by atoms with E-state index in [1.54, 1.807) is 48.5 Å². The molecule has 0 saturated carbocycles. The van der Waals surface area contributed by atoms with Gasteiger partial charge in [0.05, 0.1) is 28.7 Å². The van der Waals surface area contributed by atoms with Crippen molar-refractivity contribution in [2.45, 2.75) is 22.7 Å². The lowest BCUT2D eigenvalue weighted by Gasteiger charge is -2.30. The molecular weight excluding hydrogens is 616 g/mol. The van der Waals surface area contributed by atoms with Crippen LogP contribution in [0.15, 0.2) is 82.6 Å². The Morgan fingerprint density at radius 3 is 2.30 bits per heavy atom. The summed E-state index contributed by atoms with van der Waals surface area (Å²) in [6.07, 6.45) is 0. The standard InChI is InChI=1S/C29H21ClN4O7S2/c1-41-20-12-2-15(3-13-20)22-23-24(27(37)33(26(23)36)18-8-10-19(11-9-18)34(39)40)42-28-25(22)43-29(38)32(28)14-21(35)31-17-6-4-16(30)5-7-17/h2-13,22-24H,14H2,1H3,(H,31,35)/t22-,23?,24?/m1/s1. The number of hydrogen-bond acceptors (Lipinski definition) is 9. The molecule has 1 saturated heterocycles. The first-order valence-corrected chi connectivity index (χ1v) is 15.0. The number of imide groups is 1. The molecule has 2 unspecified atom stereocenters. The zero-order valence-electron chi connectivity index (χ0n) is 22.3. The summed E-state index contributed by atoms with van der Waals surface area (Å²) in [6, 6.07) is 18.8. The Morgan fingerprint density at radius 1 is 1.00 bits per heavy atom. The molecule has 4 aromatic rings. The highest BCUT2D eigenvalue weighted by Gasteiger charge is 2.56. The molecule has 0 spiro atoms. The monoisotopic (exact) mass is 636 g/mol. The summed E-state index contributed by atoms with van der Waals surface area (Å²) in [5, 5.41) is 13.9. The molecule has 2 aliphatic heterocycles. The number of amides is 3. The Hall–Kier alpha value is -4.46. The smallest absolute Gasteiger partial charge is 0.308 e. The first-order chi connectivity index (χ1) is 20.7. The Labute approximate surface area is 257 Å². The fourth-order valence-electron chi connectivity index (χ4n) is 5.28. The molecule has 1 N–H and O–H groups in total. The largest absolute Gasteiger partial charge is 0.497 e. The Bertz CT molecular complexity index is 1820. The van der Waals surface area contributed by atoms with Gasteiger partial charge in [-0.25, -0.2) is 4.90 Å². The number of nitrogens with zero attached hydrogens (tertiary/aromatic N) is 3. The number of nitro benzene ring substituents is 1. The van der Waals surface area contributed by atoms with E-state index < -0.39 is 44.6 Å². The van der Waals surface area contributed by atoms with Crippen molar-refractivity contribution in [2.24, 2.45) is 5.92 Å². The molecule has 3 amide bonds. The Morgan fingerprint density at radius 2 is 1.67 bits per heavy atom. The predicted octanol–water partition coefficient (Wildman–Crippen LogP) is 4.91. The molecule has 14 heteroatoms. The second-order valence-electron chi connectivity index (χ2n) is 9.78. The lowest BCUT2D eigenvalue weighted by molar-refractivity contribution is -0.384. The second kappa shape index (κ2) is 11.3. The van der Waals surface area contributed by atoms with E-state index in [9.17, 15) is 29.3 Å². The number of carbonyl (C=O) groups is 3. The molecule has 0 aliphatic carbocycles. The van der Waals surface area contributed by atoms with Crippen molar-refractivity contribution in [3.8, 4) is 5.75 Å². The Kier molecular flexibility index (Phi) is 7.54. The maximum atomic E-state index is 14.0. The van der Waals surface area contributed by atoms with Crippen LogP contribution in [0.1, 0.15) is 16.4 Å². The van der Waals surface area contributed by atoms with Crippen LogP contribution in [-0.2, 0) is 20.9 Å². The summed E-state index contributed by atoms with van der Waals surface area (Å²) >= 11 is 7.95. The van der Waals surface area contributed by atoms with E-state index in [0.717, 1.165) is 28.0 Å². The molecular formula is C29H21ClN4O7S2. The number of anilines is 2. The number of methoxy groups -OCH3 is 1. The fraction of sp³-hybridized carbons (Fsp3) is 0.172. The molecule has 0 bridgehead atoms. The van der Waals surface area contributed by atoms with Gasteiger partial charge in [0.15, 0.2) is 0 Å². The van der Waals surface area contributed by atoms with E-state index in [1.807, 2.05) is 0 Å². The minimum absolute atomic E-state index is 0.172. The average molecular weight is 637 g/mol. The van der Waals surface area contributed by atoms with Crippen molar-refractivity contribution < 1.29 is 24.0 Å². The Balaban J connectivity index is 1.39. The van der Waals surface area contributed by atoms with Gasteiger partial charge < -0.3 is 10.1 Å². The number of carbonyl (C=O) groups excluding carboxylic acids is 3.